The standard InChI is InChI=1S/C14H17Cl2NO3/c1-3-4-12(14(19)20)17-13(18)8(2)9-5-6-10(15)11(16)7-9/h5-8,12H,3-4H2,1-2H3,(H,17,18)(H,19,20). The number of carboxylic acid groups (broad SMARTS) is 1. The second kappa shape index (κ2) is 7.50. The Labute approximate surface area is 128 Å². The summed E-state index contributed by atoms with van der Waals surface area (Å²) in [6.07, 6.45) is 1.08. The van der Waals surface area contributed by atoms with Crippen molar-refractivity contribution in [2.45, 2.75) is 38.6 Å². The molecular weight excluding hydrogens is 301 g/mol. The van der Waals surface area contributed by atoms with Gasteiger partial charge in [0.2, 0.25) is 5.91 Å². The number of amides is 1. The molecule has 1 aromatic rings. The predicted octanol–water partition coefficient (Wildman–Crippen LogP) is 3.47. The maximum Gasteiger partial charge on any atom is 0.326 e. The van der Waals surface area contributed by atoms with E-state index in [9.17, 15) is 9.59 Å². The van der Waals surface area contributed by atoms with Crippen molar-refractivity contribution >= 4 is 35.1 Å². The van der Waals surface area contributed by atoms with Gasteiger partial charge in [-0.25, -0.2) is 4.79 Å². The third-order valence-electron chi connectivity index (χ3n) is 3.03. The molecule has 1 rings (SSSR count). The Morgan fingerprint density at radius 1 is 1.30 bits per heavy atom. The number of aliphatic carboxylic acids is 1. The highest BCUT2D eigenvalue weighted by Gasteiger charge is 2.23. The molecule has 0 saturated heterocycles. The summed E-state index contributed by atoms with van der Waals surface area (Å²) in [5.74, 6) is -1.87. The molecule has 20 heavy (non-hydrogen) atoms. The Bertz CT molecular complexity index is 505. The largest absolute Gasteiger partial charge is 0.480 e. The number of hydrogen-bond acceptors (Lipinski definition) is 2. The Kier molecular flexibility index (Phi) is 6.30. The van der Waals surface area contributed by atoms with Gasteiger partial charge in [-0.15, -0.1) is 0 Å². The molecule has 4 nitrogen and oxygen atoms in total. The number of halogens is 2. The van der Waals surface area contributed by atoms with Crippen LogP contribution in [0.15, 0.2) is 18.2 Å². The summed E-state index contributed by atoms with van der Waals surface area (Å²) in [6.45, 7) is 3.56. The van der Waals surface area contributed by atoms with E-state index in [1.54, 1.807) is 25.1 Å². The lowest BCUT2D eigenvalue weighted by atomic mass is 9.99. The maximum atomic E-state index is 12.1. The van der Waals surface area contributed by atoms with Gasteiger partial charge in [0, 0.05) is 0 Å². The SMILES string of the molecule is CCCC(NC(=O)C(C)c1ccc(Cl)c(Cl)c1)C(=O)O. The minimum atomic E-state index is -1.03. The van der Waals surface area contributed by atoms with Crippen molar-refractivity contribution in [3.8, 4) is 0 Å². The number of carboxylic acids is 1. The molecule has 0 aliphatic heterocycles. The van der Waals surface area contributed by atoms with E-state index in [1.165, 1.54) is 0 Å². The first-order valence-electron chi connectivity index (χ1n) is 6.35. The quantitative estimate of drug-likeness (QED) is 0.844. The summed E-state index contributed by atoms with van der Waals surface area (Å²) in [4.78, 5) is 23.1. The van der Waals surface area contributed by atoms with E-state index in [0.29, 0.717) is 28.5 Å². The van der Waals surface area contributed by atoms with E-state index < -0.39 is 17.9 Å². The molecule has 6 heteroatoms. The van der Waals surface area contributed by atoms with Crippen LogP contribution in [0.1, 0.15) is 38.2 Å². The van der Waals surface area contributed by atoms with Crippen LogP contribution in [0.2, 0.25) is 10.0 Å². The van der Waals surface area contributed by atoms with E-state index >= 15 is 0 Å². The number of carbonyl (C=O) groups excluding carboxylic acids is 1. The Hall–Kier alpha value is -1.26. The van der Waals surface area contributed by atoms with Gasteiger partial charge < -0.3 is 10.4 Å². The molecule has 110 valence electrons. The maximum absolute atomic E-state index is 12.1. The summed E-state index contributed by atoms with van der Waals surface area (Å²) in [6, 6.07) is 4.07. The monoisotopic (exact) mass is 317 g/mol. The van der Waals surface area contributed by atoms with E-state index in [0.717, 1.165) is 0 Å². The zero-order valence-corrected chi connectivity index (χ0v) is 12.8. The molecular formula is C14H17Cl2NO3. The number of benzene rings is 1. The molecule has 0 saturated carbocycles. The van der Waals surface area contributed by atoms with Crippen molar-refractivity contribution in [2.75, 3.05) is 0 Å². The molecule has 2 atom stereocenters. The van der Waals surface area contributed by atoms with Gasteiger partial charge in [-0.2, -0.15) is 0 Å². The van der Waals surface area contributed by atoms with Crippen molar-refractivity contribution in [3.05, 3.63) is 33.8 Å². The molecule has 1 aromatic carbocycles. The van der Waals surface area contributed by atoms with Gasteiger partial charge in [-0.1, -0.05) is 42.6 Å². The van der Waals surface area contributed by atoms with Gasteiger partial charge in [0.1, 0.15) is 6.04 Å². The molecule has 0 bridgehead atoms. The van der Waals surface area contributed by atoms with E-state index in [2.05, 4.69) is 5.32 Å². The second-order valence-electron chi connectivity index (χ2n) is 4.58. The summed E-state index contributed by atoms with van der Waals surface area (Å²) in [7, 11) is 0. The molecule has 0 aliphatic carbocycles. The first-order valence-corrected chi connectivity index (χ1v) is 7.10. The van der Waals surface area contributed by atoms with E-state index in [1.807, 2.05) is 6.92 Å². The van der Waals surface area contributed by atoms with Crippen molar-refractivity contribution < 1.29 is 14.7 Å². The van der Waals surface area contributed by atoms with Crippen LogP contribution in [0.25, 0.3) is 0 Å². The fourth-order valence-electron chi connectivity index (χ4n) is 1.78. The lowest BCUT2D eigenvalue weighted by Crippen LogP contribution is -2.42. The fourth-order valence-corrected chi connectivity index (χ4v) is 2.08. The van der Waals surface area contributed by atoms with Crippen molar-refractivity contribution in [1.29, 1.82) is 0 Å². The lowest BCUT2D eigenvalue weighted by Gasteiger charge is -2.18. The third-order valence-corrected chi connectivity index (χ3v) is 3.77. The normalized spacial score (nSPS) is 13.6. The summed E-state index contributed by atoms with van der Waals surface area (Å²) >= 11 is 11.7. The second-order valence-corrected chi connectivity index (χ2v) is 5.40. The topological polar surface area (TPSA) is 66.4 Å². The summed E-state index contributed by atoms with van der Waals surface area (Å²) in [5.41, 5.74) is 0.692. The molecule has 0 fully saturated rings. The van der Waals surface area contributed by atoms with Gasteiger partial charge in [0.15, 0.2) is 0 Å². The Morgan fingerprint density at radius 3 is 2.45 bits per heavy atom. The molecule has 0 aromatic heterocycles. The van der Waals surface area contributed by atoms with Crippen LogP contribution in [-0.2, 0) is 9.59 Å². The summed E-state index contributed by atoms with van der Waals surface area (Å²) in [5, 5.41) is 12.3. The zero-order chi connectivity index (χ0) is 15.3. The first-order chi connectivity index (χ1) is 9.36. The third kappa shape index (κ3) is 4.39. The number of carbonyl (C=O) groups is 2. The van der Waals surface area contributed by atoms with Crippen molar-refractivity contribution in [3.63, 3.8) is 0 Å². The first kappa shape index (κ1) is 16.8. The Morgan fingerprint density at radius 2 is 1.95 bits per heavy atom. The minimum absolute atomic E-state index is 0.343. The number of hydrogen-bond donors (Lipinski definition) is 2. The average molecular weight is 318 g/mol. The van der Waals surface area contributed by atoms with Crippen LogP contribution in [0, 0.1) is 0 Å². The van der Waals surface area contributed by atoms with E-state index in [4.69, 9.17) is 28.3 Å². The van der Waals surface area contributed by atoms with Gasteiger partial charge in [-0.05, 0) is 31.0 Å². The predicted molar refractivity (Wildman–Crippen MR) is 79.4 cm³/mol. The molecule has 2 unspecified atom stereocenters. The smallest absolute Gasteiger partial charge is 0.326 e. The fraction of sp³-hybridized carbons (Fsp3) is 0.429. The van der Waals surface area contributed by atoms with Crippen LogP contribution in [-0.4, -0.2) is 23.0 Å². The molecule has 2 N–H and O–H groups in total. The molecule has 0 spiro atoms. The van der Waals surface area contributed by atoms with Crippen LogP contribution in [0.5, 0.6) is 0 Å². The highest BCUT2D eigenvalue weighted by molar-refractivity contribution is 6.42. The van der Waals surface area contributed by atoms with Crippen LogP contribution < -0.4 is 5.32 Å². The van der Waals surface area contributed by atoms with Gasteiger partial charge in [-0.3, -0.25) is 4.79 Å². The zero-order valence-electron chi connectivity index (χ0n) is 11.3. The summed E-state index contributed by atoms with van der Waals surface area (Å²) < 4.78 is 0. The highest BCUT2D eigenvalue weighted by atomic mass is 35.5. The van der Waals surface area contributed by atoms with Gasteiger partial charge in [0.25, 0.3) is 0 Å². The van der Waals surface area contributed by atoms with Crippen LogP contribution >= 0.6 is 23.2 Å². The lowest BCUT2D eigenvalue weighted by molar-refractivity contribution is -0.142. The molecule has 1 amide bonds. The number of nitrogens with one attached hydrogen (secondary N) is 1. The Balaban J connectivity index is 2.80. The molecule has 0 heterocycles. The molecule has 0 aliphatic rings. The number of rotatable bonds is 6. The van der Waals surface area contributed by atoms with Crippen LogP contribution in [0.3, 0.4) is 0 Å². The minimum Gasteiger partial charge on any atom is -0.480 e. The van der Waals surface area contributed by atoms with Gasteiger partial charge >= 0.3 is 5.97 Å². The highest BCUT2D eigenvalue weighted by Crippen LogP contribution is 2.26. The van der Waals surface area contributed by atoms with Crippen LogP contribution in [0.4, 0.5) is 0 Å². The average Bonchev–Trinajstić information content (AvgIpc) is 2.40. The molecule has 0 radical (unpaired) electrons. The van der Waals surface area contributed by atoms with E-state index in [-0.39, 0.29) is 5.91 Å². The van der Waals surface area contributed by atoms with Crippen molar-refractivity contribution in [1.82, 2.24) is 5.32 Å². The van der Waals surface area contributed by atoms with Crippen molar-refractivity contribution in [2.24, 2.45) is 0 Å². The van der Waals surface area contributed by atoms with Gasteiger partial charge in [0.05, 0.1) is 16.0 Å².